The molecule has 0 aliphatic rings. The van der Waals surface area contributed by atoms with E-state index in [9.17, 15) is 4.39 Å². The molecule has 0 saturated carbocycles. The standard InChI is InChI=1S/C15H12FN5OS2/c1-9-12(6-17)15(21-24-9)23-8-14-18-13(19-20-14)7-22-11-4-2-10(16)3-5-11/h2-5H,7-8H2,1H3,(H,18,19,20). The number of nitrogens with zero attached hydrogens (tertiary/aromatic N) is 4. The predicted octanol–water partition coefficient (Wildman–Crippen LogP) is 3.45. The Labute approximate surface area is 145 Å². The highest BCUT2D eigenvalue weighted by atomic mass is 32.2. The van der Waals surface area contributed by atoms with Crippen LogP contribution in [0.2, 0.25) is 0 Å². The van der Waals surface area contributed by atoms with Crippen LogP contribution in [0.4, 0.5) is 4.39 Å². The average molecular weight is 361 g/mol. The minimum atomic E-state index is -0.312. The van der Waals surface area contributed by atoms with E-state index in [1.807, 2.05) is 6.92 Å². The maximum Gasteiger partial charge on any atom is 0.188 e. The van der Waals surface area contributed by atoms with Crippen LogP contribution in [-0.2, 0) is 12.4 Å². The molecule has 1 N–H and O–H groups in total. The molecule has 0 spiro atoms. The maximum absolute atomic E-state index is 12.8. The second kappa shape index (κ2) is 7.42. The molecule has 9 heteroatoms. The lowest BCUT2D eigenvalue weighted by Crippen LogP contribution is -1.97. The summed E-state index contributed by atoms with van der Waals surface area (Å²) in [6.45, 7) is 2.06. The van der Waals surface area contributed by atoms with Crippen molar-refractivity contribution in [1.82, 2.24) is 19.6 Å². The first-order valence-electron chi connectivity index (χ1n) is 6.93. The number of ether oxygens (including phenoxy) is 1. The van der Waals surface area contributed by atoms with E-state index >= 15 is 0 Å². The third-order valence-corrected chi connectivity index (χ3v) is 4.90. The van der Waals surface area contributed by atoms with Crippen molar-refractivity contribution in [3.05, 3.63) is 52.2 Å². The number of rotatable bonds is 6. The maximum atomic E-state index is 12.8. The summed E-state index contributed by atoms with van der Waals surface area (Å²) >= 11 is 2.75. The second-order valence-corrected chi connectivity index (χ2v) is 6.70. The van der Waals surface area contributed by atoms with E-state index < -0.39 is 0 Å². The van der Waals surface area contributed by atoms with Crippen molar-refractivity contribution in [1.29, 1.82) is 5.26 Å². The molecule has 0 aliphatic heterocycles. The molecular formula is C15H12FN5OS2. The van der Waals surface area contributed by atoms with Crippen molar-refractivity contribution in [2.24, 2.45) is 0 Å². The van der Waals surface area contributed by atoms with Crippen LogP contribution in [0.25, 0.3) is 0 Å². The van der Waals surface area contributed by atoms with Crippen LogP contribution in [0.1, 0.15) is 22.1 Å². The molecule has 2 aromatic heterocycles. The summed E-state index contributed by atoms with van der Waals surface area (Å²) < 4.78 is 22.6. The van der Waals surface area contributed by atoms with Gasteiger partial charge in [-0.05, 0) is 42.7 Å². The van der Waals surface area contributed by atoms with E-state index in [0.29, 0.717) is 33.7 Å². The lowest BCUT2D eigenvalue weighted by atomic mass is 10.3. The third-order valence-electron chi connectivity index (χ3n) is 3.05. The van der Waals surface area contributed by atoms with Crippen LogP contribution in [0.15, 0.2) is 29.3 Å². The van der Waals surface area contributed by atoms with Gasteiger partial charge in [0.05, 0.1) is 11.3 Å². The van der Waals surface area contributed by atoms with E-state index in [-0.39, 0.29) is 12.4 Å². The topological polar surface area (TPSA) is 87.5 Å². The van der Waals surface area contributed by atoms with Gasteiger partial charge in [0.15, 0.2) is 5.82 Å². The highest BCUT2D eigenvalue weighted by molar-refractivity contribution is 7.98. The van der Waals surface area contributed by atoms with Crippen molar-refractivity contribution in [2.75, 3.05) is 0 Å². The van der Waals surface area contributed by atoms with Gasteiger partial charge >= 0.3 is 0 Å². The van der Waals surface area contributed by atoms with E-state index in [2.05, 4.69) is 25.6 Å². The van der Waals surface area contributed by atoms with Crippen LogP contribution >= 0.6 is 23.3 Å². The molecule has 0 atom stereocenters. The number of aryl methyl sites for hydroxylation is 1. The fraction of sp³-hybridized carbons (Fsp3) is 0.200. The molecule has 122 valence electrons. The van der Waals surface area contributed by atoms with Gasteiger partial charge in [0, 0.05) is 4.88 Å². The Morgan fingerprint density at radius 1 is 1.38 bits per heavy atom. The molecule has 0 saturated heterocycles. The zero-order valence-corrected chi connectivity index (χ0v) is 14.2. The van der Waals surface area contributed by atoms with Crippen LogP contribution in [0, 0.1) is 24.1 Å². The molecule has 0 radical (unpaired) electrons. The SMILES string of the molecule is Cc1snc(SCc2nc(COc3ccc(F)cc3)n[nH]2)c1C#N. The van der Waals surface area contributed by atoms with Crippen molar-refractivity contribution in [2.45, 2.75) is 24.3 Å². The smallest absolute Gasteiger partial charge is 0.188 e. The Bertz CT molecular complexity index is 869. The molecule has 0 aliphatic carbocycles. The minimum Gasteiger partial charge on any atom is -0.486 e. The summed E-state index contributed by atoms with van der Waals surface area (Å²) in [5.41, 5.74) is 0.615. The first-order valence-corrected chi connectivity index (χ1v) is 8.69. The number of hydrogen-bond donors (Lipinski definition) is 1. The number of aromatic amines is 1. The lowest BCUT2D eigenvalue weighted by molar-refractivity contribution is 0.296. The summed E-state index contributed by atoms with van der Waals surface area (Å²) in [6.07, 6.45) is 0. The highest BCUT2D eigenvalue weighted by Crippen LogP contribution is 2.28. The first-order chi connectivity index (χ1) is 11.7. The number of aromatic nitrogens is 4. The van der Waals surface area contributed by atoms with Gasteiger partial charge in [0.2, 0.25) is 0 Å². The highest BCUT2D eigenvalue weighted by Gasteiger charge is 2.12. The molecule has 6 nitrogen and oxygen atoms in total. The zero-order valence-electron chi connectivity index (χ0n) is 12.6. The fourth-order valence-corrected chi connectivity index (χ4v) is 3.53. The number of nitrogens with one attached hydrogen (secondary N) is 1. The molecule has 3 rings (SSSR count). The lowest BCUT2D eigenvalue weighted by Gasteiger charge is -2.02. The molecule has 2 heterocycles. The van der Waals surface area contributed by atoms with Gasteiger partial charge in [-0.1, -0.05) is 11.8 Å². The number of thioether (sulfide) groups is 1. The van der Waals surface area contributed by atoms with E-state index in [1.165, 1.54) is 35.4 Å². The van der Waals surface area contributed by atoms with Crippen LogP contribution in [0.5, 0.6) is 5.75 Å². The normalized spacial score (nSPS) is 10.5. The van der Waals surface area contributed by atoms with Crippen molar-refractivity contribution < 1.29 is 9.13 Å². The van der Waals surface area contributed by atoms with Crippen molar-refractivity contribution in [3.63, 3.8) is 0 Å². The minimum absolute atomic E-state index is 0.187. The average Bonchev–Trinajstić information content (AvgIpc) is 3.18. The van der Waals surface area contributed by atoms with Crippen LogP contribution in [-0.4, -0.2) is 19.6 Å². The van der Waals surface area contributed by atoms with Gasteiger partial charge in [0.25, 0.3) is 0 Å². The Balaban J connectivity index is 1.55. The first kappa shape index (κ1) is 16.4. The largest absolute Gasteiger partial charge is 0.486 e. The van der Waals surface area contributed by atoms with Gasteiger partial charge < -0.3 is 4.74 Å². The Kier molecular flexibility index (Phi) is 5.08. The van der Waals surface area contributed by atoms with E-state index in [0.717, 1.165) is 4.88 Å². The Morgan fingerprint density at radius 2 is 2.17 bits per heavy atom. The molecular weight excluding hydrogens is 349 g/mol. The van der Waals surface area contributed by atoms with Crippen LogP contribution < -0.4 is 4.74 Å². The second-order valence-electron chi connectivity index (χ2n) is 4.76. The third kappa shape index (κ3) is 3.90. The molecule has 0 unspecified atom stereocenters. The van der Waals surface area contributed by atoms with Crippen LogP contribution in [0.3, 0.4) is 0 Å². The number of hydrogen-bond acceptors (Lipinski definition) is 7. The number of halogens is 1. The summed E-state index contributed by atoms with van der Waals surface area (Å²) in [6, 6.07) is 7.92. The Hall–Kier alpha value is -2.44. The van der Waals surface area contributed by atoms with Crippen molar-refractivity contribution >= 4 is 23.3 Å². The zero-order chi connectivity index (χ0) is 16.9. The van der Waals surface area contributed by atoms with Gasteiger partial charge in [-0.25, -0.2) is 9.37 Å². The van der Waals surface area contributed by atoms with Gasteiger partial charge in [0.1, 0.15) is 35.1 Å². The molecule has 0 fully saturated rings. The molecule has 3 aromatic rings. The number of benzene rings is 1. The quantitative estimate of drug-likeness (QED) is 0.677. The van der Waals surface area contributed by atoms with E-state index in [4.69, 9.17) is 10.00 Å². The van der Waals surface area contributed by atoms with Gasteiger partial charge in [-0.2, -0.15) is 14.7 Å². The summed E-state index contributed by atoms with van der Waals surface area (Å²) in [5.74, 6) is 1.95. The number of H-pyrrole nitrogens is 1. The monoisotopic (exact) mass is 361 g/mol. The molecule has 0 amide bonds. The van der Waals surface area contributed by atoms with Crippen molar-refractivity contribution in [3.8, 4) is 11.8 Å². The molecule has 24 heavy (non-hydrogen) atoms. The Morgan fingerprint density at radius 3 is 2.92 bits per heavy atom. The summed E-state index contributed by atoms with van der Waals surface area (Å²) in [5, 5.41) is 16.7. The summed E-state index contributed by atoms with van der Waals surface area (Å²) in [4.78, 5) is 5.23. The fourth-order valence-electron chi connectivity index (χ4n) is 1.86. The predicted molar refractivity (Wildman–Crippen MR) is 88.2 cm³/mol. The molecule has 0 bridgehead atoms. The summed E-state index contributed by atoms with van der Waals surface area (Å²) in [7, 11) is 0. The molecule has 1 aromatic carbocycles. The number of nitriles is 1. The van der Waals surface area contributed by atoms with Gasteiger partial charge in [-0.3, -0.25) is 5.10 Å². The van der Waals surface area contributed by atoms with Gasteiger partial charge in [-0.15, -0.1) is 0 Å². The van der Waals surface area contributed by atoms with E-state index in [1.54, 1.807) is 12.1 Å².